The van der Waals surface area contributed by atoms with Crippen molar-refractivity contribution in [3.63, 3.8) is 0 Å². The van der Waals surface area contributed by atoms with E-state index in [0.29, 0.717) is 0 Å². The maximum absolute atomic E-state index is 2.88. The molecule has 0 aromatic carbocycles. The van der Waals surface area contributed by atoms with Crippen LogP contribution < -0.4 is 0 Å². The second-order valence-electron chi connectivity index (χ2n) is 10.1. The third kappa shape index (κ3) is 4.19. The monoisotopic (exact) mass is 342 g/mol. The lowest BCUT2D eigenvalue weighted by atomic mass is 9.60. The van der Waals surface area contributed by atoms with E-state index in [1.165, 1.54) is 83.5 Å². The standard InChI is InChI=1S/C25H42/c1-19-24(21-13-7-3-8-14-21)17-23(20-11-5-2-6-12-20)18-25(19)22-15-9-4-10-16-22/h17,19-23,25H,2-16,18H2,1H3. The molecule has 0 nitrogen and oxygen atoms in total. The molecule has 0 aliphatic heterocycles. The van der Waals surface area contributed by atoms with Crippen molar-refractivity contribution in [1.29, 1.82) is 0 Å². The van der Waals surface area contributed by atoms with Crippen LogP contribution in [0.4, 0.5) is 0 Å². The van der Waals surface area contributed by atoms with Crippen LogP contribution in [0.3, 0.4) is 0 Å². The molecule has 0 aromatic rings. The largest absolute Gasteiger partial charge is 0.0814 e. The van der Waals surface area contributed by atoms with Gasteiger partial charge in [0.25, 0.3) is 0 Å². The Kier molecular flexibility index (Phi) is 6.25. The van der Waals surface area contributed by atoms with Crippen LogP contribution in [0.2, 0.25) is 0 Å². The van der Waals surface area contributed by atoms with E-state index in [4.69, 9.17) is 0 Å². The van der Waals surface area contributed by atoms with Crippen molar-refractivity contribution in [2.24, 2.45) is 35.5 Å². The third-order valence-corrected chi connectivity index (χ3v) is 8.71. The Labute approximate surface area is 157 Å². The summed E-state index contributed by atoms with van der Waals surface area (Å²) < 4.78 is 0. The highest BCUT2D eigenvalue weighted by atomic mass is 14.4. The molecule has 4 aliphatic carbocycles. The quantitative estimate of drug-likeness (QED) is 0.457. The van der Waals surface area contributed by atoms with Gasteiger partial charge in [0.1, 0.15) is 0 Å². The molecule has 0 aromatic heterocycles. The molecule has 0 radical (unpaired) electrons. The maximum Gasteiger partial charge on any atom is -0.0198 e. The lowest BCUT2D eigenvalue weighted by Gasteiger charge is -2.45. The molecule has 0 N–H and O–H groups in total. The molecule has 0 heteroatoms. The average Bonchev–Trinajstić information content (AvgIpc) is 2.70. The van der Waals surface area contributed by atoms with Crippen molar-refractivity contribution in [2.75, 3.05) is 0 Å². The highest BCUT2D eigenvalue weighted by Crippen LogP contribution is 2.50. The molecule has 0 spiro atoms. The Hall–Kier alpha value is -0.260. The second kappa shape index (κ2) is 8.62. The van der Waals surface area contributed by atoms with Gasteiger partial charge in [0.15, 0.2) is 0 Å². The van der Waals surface area contributed by atoms with Gasteiger partial charge in [0, 0.05) is 0 Å². The molecule has 25 heavy (non-hydrogen) atoms. The highest BCUT2D eigenvalue weighted by molar-refractivity contribution is 5.19. The fraction of sp³-hybridized carbons (Fsp3) is 0.920. The number of hydrogen-bond acceptors (Lipinski definition) is 0. The number of hydrogen-bond donors (Lipinski definition) is 0. The van der Waals surface area contributed by atoms with Crippen LogP contribution in [0.25, 0.3) is 0 Å². The lowest BCUT2D eigenvalue weighted by molar-refractivity contribution is 0.127. The molecule has 0 heterocycles. The molecule has 0 saturated heterocycles. The summed E-state index contributed by atoms with van der Waals surface area (Å²) in [4.78, 5) is 0. The zero-order valence-corrected chi connectivity index (χ0v) is 16.9. The van der Waals surface area contributed by atoms with Gasteiger partial charge in [0.2, 0.25) is 0 Å². The van der Waals surface area contributed by atoms with E-state index in [1.807, 2.05) is 5.57 Å². The number of rotatable bonds is 3. The highest BCUT2D eigenvalue weighted by Gasteiger charge is 2.39. The Morgan fingerprint density at radius 3 is 1.76 bits per heavy atom. The van der Waals surface area contributed by atoms with E-state index >= 15 is 0 Å². The average molecular weight is 343 g/mol. The minimum absolute atomic E-state index is 0.894. The molecule has 3 atom stereocenters. The van der Waals surface area contributed by atoms with Gasteiger partial charge in [0.05, 0.1) is 0 Å². The Morgan fingerprint density at radius 2 is 1.16 bits per heavy atom. The van der Waals surface area contributed by atoms with E-state index in [2.05, 4.69) is 13.0 Å². The van der Waals surface area contributed by atoms with Crippen LogP contribution in [0, 0.1) is 35.5 Å². The first-order valence-corrected chi connectivity index (χ1v) is 12.0. The fourth-order valence-electron chi connectivity index (χ4n) is 7.23. The van der Waals surface area contributed by atoms with E-state index in [9.17, 15) is 0 Å². The molecule has 3 saturated carbocycles. The van der Waals surface area contributed by atoms with Crippen LogP contribution in [-0.2, 0) is 0 Å². The zero-order chi connectivity index (χ0) is 17.1. The smallest absolute Gasteiger partial charge is 0.0198 e. The molecule has 142 valence electrons. The molecule has 4 rings (SSSR count). The predicted octanol–water partition coefficient (Wildman–Crippen LogP) is 7.93. The van der Waals surface area contributed by atoms with Crippen molar-refractivity contribution in [1.82, 2.24) is 0 Å². The summed E-state index contributed by atoms with van der Waals surface area (Å²) >= 11 is 0. The summed E-state index contributed by atoms with van der Waals surface area (Å²) in [7, 11) is 0. The van der Waals surface area contributed by atoms with Crippen LogP contribution in [0.1, 0.15) is 110 Å². The third-order valence-electron chi connectivity index (χ3n) is 8.71. The first kappa shape index (κ1) is 18.1. The van der Waals surface area contributed by atoms with Gasteiger partial charge in [-0.25, -0.2) is 0 Å². The van der Waals surface area contributed by atoms with Gasteiger partial charge < -0.3 is 0 Å². The first-order valence-electron chi connectivity index (χ1n) is 12.0. The molecule has 0 bridgehead atoms. The number of allylic oxidation sites excluding steroid dienone is 2. The lowest BCUT2D eigenvalue weighted by Crippen LogP contribution is -2.35. The van der Waals surface area contributed by atoms with Gasteiger partial charge >= 0.3 is 0 Å². The second-order valence-corrected chi connectivity index (χ2v) is 10.1. The predicted molar refractivity (Wildman–Crippen MR) is 109 cm³/mol. The van der Waals surface area contributed by atoms with Crippen LogP contribution in [-0.4, -0.2) is 0 Å². The van der Waals surface area contributed by atoms with Gasteiger partial charge in [-0.05, 0) is 67.6 Å². The van der Waals surface area contributed by atoms with Crippen molar-refractivity contribution in [3.05, 3.63) is 11.6 Å². The van der Waals surface area contributed by atoms with Crippen LogP contribution in [0.5, 0.6) is 0 Å². The molecular weight excluding hydrogens is 300 g/mol. The van der Waals surface area contributed by atoms with Crippen molar-refractivity contribution in [3.8, 4) is 0 Å². The van der Waals surface area contributed by atoms with E-state index in [1.54, 1.807) is 19.3 Å². The van der Waals surface area contributed by atoms with Gasteiger partial charge in [-0.3, -0.25) is 0 Å². The first-order chi connectivity index (χ1) is 12.3. The molecule has 3 unspecified atom stereocenters. The summed E-state index contributed by atoms with van der Waals surface area (Å²) in [6.07, 6.45) is 27.2. The molecule has 3 fully saturated rings. The topological polar surface area (TPSA) is 0 Å². The van der Waals surface area contributed by atoms with Crippen LogP contribution >= 0.6 is 0 Å². The SMILES string of the molecule is CC1C(C2CCCCC2)=CC(C2CCCCC2)CC1C1CCCCC1. The molecule has 4 aliphatic rings. The molecule has 0 amide bonds. The zero-order valence-electron chi connectivity index (χ0n) is 16.9. The van der Waals surface area contributed by atoms with Crippen LogP contribution in [0.15, 0.2) is 11.6 Å². The summed E-state index contributed by atoms with van der Waals surface area (Å²) in [6.45, 7) is 2.64. The molecular formula is C25H42. The van der Waals surface area contributed by atoms with E-state index in [-0.39, 0.29) is 0 Å². The summed E-state index contributed by atoms with van der Waals surface area (Å²) in [6, 6.07) is 0. The fourth-order valence-corrected chi connectivity index (χ4v) is 7.23. The minimum Gasteiger partial charge on any atom is -0.0814 e. The summed E-state index contributed by atoms with van der Waals surface area (Å²) in [5, 5.41) is 0. The minimum atomic E-state index is 0.894. The Morgan fingerprint density at radius 1 is 0.640 bits per heavy atom. The Bertz CT molecular complexity index is 429. The van der Waals surface area contributed by atoms with Crippen molar-refractivity contribution < 1.29 is 0 Å². The normalized spacial score (nSPS) is 37.0. The van der Waals surface area contributed by atoms with Gasteiger partial charge in [-0.1, -0.05) is 89.2 Å². The van der Waals surface area contributed by atoms with Crippen molar-refractivity contribution >= 4 is 0 Å². The Balaban J connectivity index is 1.55. The van der Waals surface area contributed by atoms with Crippen molar-refractivity contribution in [2.45, 2.75) is 110 Å². The van der Waals surface area contributed by atoms with E-state index < -0.39 is 0 Å². The van der Waals surface area contributed by atoms with E-state index in [0.717, 1.165) is 35.5 Å². The maximum atomic E-state index is 2.88. The summed E-state index contributed by atoms with van der Waals surface area (Å²) in [5.41, 5.74) is 1.96. The van der Waals surface area contributed by atoms with Gasteiger partial charge in [-0.15, -0.1) is 0 Å². The summed E-state index contributed by atoms with van der Waals surface area (Å²) in [5.74, 6) is 5.91. The van der Waals surface area contributed by atoms with Gasteiger partial charge in [-0.2, -0.15) is 0 Å².